The lowest BCUT2D eigenvalue weighted by Gasteiger charge is -2.34. The van der Waals surface area contributed by atoms with Crippen LogP contribution in [0.4, 0.5) is 0 Å². The summed E-state index contributed by atoms with van der Waals surface area (Å²) in [7, 11) is 1.23. The molecule has 0 amide bonds. The summed E-state index contributed by atoms with van der Waals surface area (Å²) in [5, 5.41) is 1.78. The maximum atomic E-state index is 13.3. The van der Waals surface area contributed by atoms with Gasteiger partial charge in [-0.1, -0.05) is 65.3 Å². The number of Topliss-reactive ketones (excluding diaryl/α,β-unsaturated/α-hetero) is 1. The van der Waals surface area contributed by atoms with Crippen LogP contribution in [0.3, 0.4) is 0 Å². The molecule has 0 bridgehead atoms. The third kappa shape index (κ3) is 3.41. The van der Waals surface area contributed by atoms with Crippen molar-refractivity contribution < 1.29 is 23.9 Å². The zero-order valence-corrected chi connectivity index (χ0v) is 18.0. The summed E-state index contributed by atoms with van der Waals surface area (Å²) in [5.74, 6) is -3.79. The van der Waals surface area contributed by atoms with Crippen LogP contribution in [0.25, 0.3) is 10.8 Å². The highest BCUT2D eigenvalue weighted by atomic mass is 79.9. The van der Waals surface area contributed by atoms with Gasteiger partial charge >= 0.3 is 11.9 Å². The third-order valence-corrected chi connectivity index (χ3v) is 6.15. The highest BCUT2D eigenvalue weighted by Gasteiger charge is 2.48. The number of fused-ring (bicyclic) bond motifs is 3. The molecule has 0 aromatic heterocycles. The Labute approximate surface area is 182 Å². The Morgan fingerprint density at radius 1 is 1.03 bits per heavy atom. The predicted molar refractivity (Wildman–Crippen MR) is 115 cm³/mol. The summed E-state index contributed by atoms with van der Waals surface area (Å²) in [6, 6.07) is 18.2. The number of benzene rings is 3. The molecule has 3 aromatic carbocycles. The zero-order chi connectivity index (χ0) is 21.4. The van der Waals surface area contributed by atoms with Crippen molar-refractivity contribution >= 4 is 44.4 Å². The fourth-order valence-corrected chi connectivity index (χ4v) is 4.41. The minimum Gasteiger partial charge on any atom is -0.468 e. The van der Waals surface area contributed by atoms with Gasteiger partial charge < -0.3 is 9.47 Å². The van der Waals surface area contributed by atoms with E-state index in [4.69, 9.17) is 9.47 Å². The highest BCUT2D eigenvalue weighted by molar-refractivity contribution is 9.10. The molecule has 0 saturated carbocycles. The van der Waals surface area contributed by atoms with Gasteiger partial charge in [0.15, 0.2) is 11.7 Å². The Hall–Kier alpha value is -2.99. The average molecular weight is 467 g/mol. The first kappa shape index (κ1) is 20.3. The van der Waals surface area contributed by atoms with Crippen molar-refractivity contribution in [3.8, 4) is 5.75 Å². The van der Waals surface area contributed by atoms with Crippen LogP contribution in [0, 0.1) is 11.8 Å². The van der Waals surface area contributed by atoms with Crippen LogP contribution in [0.2, 0.25) is 0 Å². The van der Waals surface area contributed by atoms with E-state index < -0.39 is 29.7 Å². The van der Waals surface area contributed by atoms with Crippen LogP contribution >= 0.6 is 15.9 Å². The Morgan fingerprint density at radius 3 is 2.43 bits per heavy atom. The van der Waals surface area contributed by atoms with Crippen molar-refractivity contribution in [3.05, 3.63) is 76.3 Å². The Bertz CT molecular complexity index is 1150. The van der Waals surface area contributed by atoms with Gasteiger partial charge in [0, 0.05) is 27.4 Å². The van der Waals surface area contributed by atoms with E-state index in [0.717, 1.165) is 15.2 Å². The Balaban J connectivity index is 1.90. The Morgan fingerprint density at radius 2 is 1.73 bits per heavy atom. The standard InChI is InChI=1S/C24H19BrO5/c1-13(22(26)15-7-10-16(25)11-8-15)19-20-17-6-4-3-5-14(17)9-12-18(20)30-24(28)21(19)23(27)29-2/h3-13,19,21H,1-2H3/t13-,19+,21+/m0/s1. The van der Waals surface area contributed by atoms with Crippen LogP contribution in [-0.4, -0.2) is 24.8 Å². The van der Waals surface area contributed by atoms with Gasteiger partial charge in [0.25, 0.3) is 0 Å². The quantitative estimate of drug-likeness (QED) is 0.236. The third-order valence-electron chi connectivity index (χ3n) is 5.62. The maximum Gasteiger partial charge on any atom is 0.326 e. The summed E-state index contributed by atoms with van der Waals surface area (Å²) in [6.07, 6.45) is 0. The minimum absolute atomic E-state index is 0.157. The second-order valence-corrected chi connectivity index (χ2v) is 8.22. The van der Waals surface area contributed by atoms with Crippen LogP contribution in [-0.2, 0) is 14.3 Å². The second kappa shape index (κ2) is 8.03. The van der Waals surface area contributed by atoms with Gasteiger partial charge in [-0.05, 0) is 29.0 Å². The molecule has 6 heteroatoms. The fraction of sp³-hybridized carbons (Fsp3) is 0.208. The van der Waals surface area contributed by atoms with Crippen molar-refractivity contribution in [1.82, 2.24) is 0 Å². The highest BCUT2D eigenvalue weighted by Crippen LogP contribution is 2.47. The van der Waals surface area contributed by atoms with Crippen LogP contribution in [0.15, 0.2) is 65.1 Å². The number of hydrogen-bond acceptors (Lipinski definition) is 5. The van der Waals surface area contributed by atoms with Gasteiger partial charge in [0.2, 0.25) is 0 Å². The van der Waals surface area contributed by atoms with E-state index >= 15 is 0 Å². The summed E-state index contributed by atoms with van der Waals surface area (Å²) < 4.78 is 11.3. The largest absolute Gasteiger partial charge is 0.468 e. The van der Waals surface area contributed by atoms with Gasteiger partial charge in [-0.25, -0.2) is 0 Å². The molecule has 0 spiro atoms. The first-order valence-electron chi connectivity index (χ1n) is 9.53. The number of methoxy groups -OCH3 is 1. The number of hydrogen-bond donors (Lipinski definition) is 0. The van der Waals surface area contributed by atoms with Gasteiger partial charge in [-0.2, -0.15) is 0 Å². The van der Waals surface area contributed by atoms with Gasteiger partial charge in [0.05, 0.1) is 7.11 Å². The first-order chi connectivity index (χ1) is 14.4. The van der Waals surface area contributed by atoms with Crippen molar-refractivity contribution in [2.24, 2.45) is 11.8 Å². The maximum absolute atomic E-state index is 13.3. The topological polar surface area (TPSA) is 69.7 Å². The molecule has 1 aliphatic rings. The molecule has 1 aliphatic heterocycles. The SMILES string of the molecule is COC(=O)[C@@H]1C(=O)Oc2ccc3ccccc3c2[C@H]1[C@H](C)C(=O)c1ccc(Br)cc1. The molecule has 152 valence electrons. The molecule has 3 atom stereocenters. The van der Waals surface area contributed by atoms with Crippen molar-refractivity contribution in [3.63, 3.8) is 0 Å². The summed E-state index contributed by atoms with van der Waals surface area (Å²) >= 11 is 3.37. The van der Waals surface area contributed by atoms with E-state index in [0.29, 0.717) is 16.9 Å². The summed E-state index contributed by atoms with van der Waals surface area (Å²) in [4.78, 5) is 38.7. The van der Waals surface area contributed by atoms with E-state index in [9.17, 15) is 14.4 Å². The molecule has 0 unspecified atom stereocenters. The molecule has 1 heterocycles. The van der Waals surface area contributed by atoms with Crippen molar-refractivity contribution in [1.29, 1.82) is 0 Å². The molecule has 0 radical (unpaired) electrons. The average Bonchev–Trinajstić information content (AvgIpc) is 2.77. The lowest BCUT2D eigenvalue weighted by Crippen LogP contribution is -2.42. The molecule has 0 saturated heterocycles. The van der Waals surface area contributed by atoms with Gasteiger partial charge in [-0.3, -0.25) is 14.4 Å². The van der Waals surface area contributed by atoms with E-state index in [1.807, 2.05) is 30.3 Å². The molecule has 0 N–H and O–H groups in total. The molecular weight excluding hydrogens is 448 g/mol. The number of carbonyl (C=O) groups is 3. The number of halogens is 1. The number of ketones is 1. The zero-order valence-electron chi connectivity index (χ0n) is 16.4. The monoisotopic (exact) mass is 466 g/mol. The fourth-order valence-electron chi connectivity index (χ4n) is 4.14. The van der Waals surface area contributed by atoms with Crippen molar-refractivity contribution in [2.45, 2.75) is 12.8 Å². The normalized spacial score (nSPS) is 19.0. The molecule has 4 rings (SSSR count). The summed E-state index contributed by atoms with van der Waals surface area (Å²) in [5.41, 5.74) is 1.19. The molecule has 5 nitrogen and oxygen atoms in total. The summed E-state index contributed by atoms with van der Waals surface area (Å²) in [6.45, 7) is 1.75. The molecule has 0 aliphatic carbocycles. The van der Waals surface area contributed by atoms with Gasteiger partial charge in [-0.15, -0.1) is 0 Å². The van der Waals surface area contributed by atoms with E-state index in [1.165, 1.54) is 7.11 Å². The molecule has 3 aromatic rings. The molecule has 30 heavy (non-hydrogen) atoms. The Kier molecular flexibility index (Phi) is 5.43. The van der Waals surface area contributed by atoms with Crippen LogP contribution < -0.4 is 4.74 Å². The van der Waals surface area contributed by atoms with E-state index in [2.05, 4.69) is 15.9 Å². The molecule has 0 fully saturated rings. The number of ether oxygens (including phenoxy) is 2. The lowest BCUT2D eigenvalue weighted by molar-refractivity contribution is -0.158. The van der Waals surface area contributed by atoms with E-state index in [-0.39, 0.29) is 5.78 Å². The number of rotatable bonds is 4. The van der Waals surface area contributed by atoms with Crippen LogP contribution in [0.1, 0.15) is 28.8 Å². The van der Waals surface area contributed by atoms with E-state index in [1.54, 1.807) is 37.3 Å². The first-order valence-corrected chi connectivity index (χ1v) is 10.3. The van der Waals surface area contributed by atoms with Crippen molar-refractivity contribution in [2.75, 3.05) is 7.11 Å². The molecular formula is C24H19BrO5. The van der Waals surface area contributed by atoms with Gasteiger partial charge in [0.1, 0.15) is 5.75 Å². The second-order valence-electron chi connectivity index (χ2n) is 7.31. The van der Waals surface area contributed by atoms with Crippen LogP contribution in [0.5, 0.6) is 5.75 Å². The number of carbonyl (C=O) groups excluding carboxylic acids is 3. The predicted octanol–water partition coefficient (Wildman–Crippen LogP) is 4.91. The smallest absolute Gasteiger partial charge is 0.326 e. The lowest BCUT2D eigenvalue weighted by atomic mass is 9.72. The minimum atomic E-state index is -1.22. The number of esters is 2.